The molecule has 4 heteroatoms. The van der Waals surface area contributed by atoms with Crippen molar-refractivity contribution in [1.29, 1.82) is 0 Å². The number of hydrogen-bond donors (Lipinski definition) is 1. The average Bonchev–Trinajstić information content (AvgIpc) is 2.83. The van der Waals surface area contributed by atoms with E-state index in [0.717, 1.165) is 30.3 Å². The summed E-state index contributed by atoms with van der Waals surface area (Å²) in [7, 11) is 0. The monoisotopic (exact) mass is 214 g/mol. The molecule has 0 saturated heterocycles. The molecule has 0 atom stereocenters. The molecule has 16 heavy (non-hydrogen) atoms. The number of aromatic nitrogens is 3. The number of rotatable bonds is 1. The van der Waals surface area contributed by atoms with Crippen molar-refractivity contribution in [3.8, 4) is 5.69 Å². The summed E-state index contributed by atoms with van der Waals surface area (Å²) in [6.07, 6.45) is 1.12. The first kappa shape index (κ1) is 9.39. The molecule has 1 aliphatic rings. The van der Waals surface area contributed by atoms with Gasteiger partial charge in [0.25, 0.3) is 0 Å². The second kappa shape index (κ2) is 3.33. The second-order valence-corrected chi connectivity index (χ2v) is 4.14. The Labute approximate surface area is 94.3 Å². The van der Waals surface area contributed by atoms with Gasteiger partial charge in [0.2, 0.25) is 0 Å². The number of nitrogens with zero attached hydrogens (tertiary/aromatic N) is 3. The van der Waals surface area contributed by atoms with Crippen LogP contribution in [-0.4, -0.2) is 21.3 Å². The van der Waals surface area contributed by atoms with Crippen molar-refractivity contribution in [3.63, 3.8) is 0 Å². The Morgan fingerprint density at radius 3 is 2.94 bits per heavy atom. The van der Waals surface area contributed by atoms with Crippen molar-refractivity contribution in [1.82, 2.24) is 14.8 Å². The molecule has 3 rings (SSSR count). The first-order valence-corrected chi connectivity index (χ1v) is 5.51. The van der Waals surface area contributed by atoms with E-state index >= 15 is 0 Å². The lowest BCUT2D eigenvalue weighted by Gasteiger charge is -2.05. The van der Waals surface area contributed by atoms with Gasteiger partial charge >= 0.3 is 0 Å². The lowest BCUT2D eigenvalue weighted by molar-refractivity contribution is 0.831. The molecule has 1 aromatic carbocycles. The summed E-state index contributed by atoms with van der Waals surface area (Å²) in [5, 5.41) is 7.76. The van der Waals surface area contributed by atoms with Crippen LogP contribution in [0.25, 0.3) is 5.69 Å². The van der Waals surface area contributed by atoms with Crippen molar-refractivity contribution >= 4 is 5.69 Å². The molecule has 1 N–H and O–H groups in total. The van der Waals surface area contributed by atoms with Gasteiger partial charge in [-0.1, -0.05) is 6.07 Å². The van der Waals surface area contributed by atoms with Crippen molar-refractivity contribution in [2.24, 2.45) is 0 Å². The molecule has 1 aliphatic heterocycles. The first-order valence-electron chi connectivity index (χ1n) is 5.51. The van der Waals surface area contributed by atoms with E-state index in [-0.39, 0.29) is 0 Å². The van der Waals surface area contributed by atoms with Crippen LogP contribution in [0.3, 0.4) is 0 Å². The number of anilines is 1. The third-order valence-corrected chi connectivity index (χ3v) is 2.92. The molecule has 2 heterocycles. The summed E-state index contributed by atoms with van der Waals surface area (Å²) < 4.78 is 1.88. The second-order valence-electron chi connectivity index (χ2n) is 4.14. The summed E-state index contributed by atoms with van der Waals surface area (Å²) in [6, 6.07) is 6.41. The number of hydrogen-bond acceptors (Lipinski definition) is 3. The minimum atomic E-state index is 0.811. The van der Waals surface area contributed by atoms with Gasteiger partial charge in [0.1, 0.15) is 11.6 Å². The van der Waals surface area contributed by atoms with Gasteiger partial charge < -0.3 is 5.32 Å². The molecule has 2 aromatic rings. The molecule has 0 bridgehead atoms. The van der Waals surface area contributed by atoms with Crippen LogP contribution >= 0.6 is 0 Å². The number of fused-ring (bicyclic) bond motifs is 1. The zero-order valence-electron chi connectivity index (χ0n) is 9.49. The minimum absolute atomic E-state index is 0.811. The number of nitrogens with one attached hydrogen (secondary N) is 1. The normalized spacial score (nSPS) is 13.6. The van der Waals surface area contributed by atoms with Gasteiger partial charge in [-0.25, -0.2) is 9.67 Å². The predicted molar refractivity (Wildman–Crippen MR) is 63.0 cm³/mol. The highest BCUT2D eigenvalue weighted by Gasteiger charge is 2.12. The van der Waals surface area contributed by atoms with Crippen molar-refractivity contribution in [2.45, 2.75) is 20.3 Å². The topological polar surface area (TPSA) is 42.7 Å². The van der Waals surface area contributed by atoms with E-state index in [1.54, 1.807) is 0 Å². The van der Waals surface area contributed by atoms with E-state index in [4.69, 9.17) is 0 Å². The Bertz CT molecular complexity index is 542. The summed E-state index contributed by atoms with van der Waals surface area (Å²) in [5.41, 5.74) is 3.69. The van der Waals surface area contributed by atoms with Gasteiger partial charge in [0.15, 0.2) is 0 Å². The molecule has 0 saturated carbocycles. The lowest BCUT2D eigenvalue weighted by atomic mass is 10.1. The Morgan fingerprint density at radius 1 is 1.31 bits per heavy atom. The average molecular weight is 214 g/mol. The van der Waals surface area contributed by atoms with E-state index in [1.165, 1.54) is 11.3 Å². The molecule has 4 nitrogen and oxygen atoms in total. The molecular weight excluding hydrogens is 200 g/mol. The fourth-order valence-electron chi connectivity index (χ4n) is 2.18. The third-order valence-electron chi connectivity index (χ3n) is 2.92. The summed E-state index contributed by atoms with van der Waals surface area (Å²) in [4.78, 5) is 4.31. The van der Waals surface area contributed by atoms with E-state index in [9.17, 15) is 0 Å². The Balaban J connectivity index is 2.10. The maximum Gasteiger partial charge on any atom is 0.148 e. The van der Waals surface area contributed by atoms with Crippen molar-refractivity contribution < 1.29 is 0 Å². The largest absolute Gasteiger partial charge is 0.384 e. The fourth-order valence-corrected chi connectivity index (χ4v) is 2.18. The van der Waals surface area contributed by atoms with Gasteiger partial charge in [-0.3, -0.25) is 0 Å². The predicted octanol–water partition coefficient (Wildman–Crippen LogP) is 1.85. The lowest BCUT2D eigenvalue weighted by Crippen LogP contribution is -2.00. The molecule has 1 aromatic heterocycles. The highest BCUT2D eigenvalue weighted by molar-refractivity contribution is 5.60. The van der Waals surface area contributed by atoms with Gasteiger partial charge in [-0.15, -0.1) is 0 Å². The van der Waals surface area contributed by atoms with Crippen molar-refractivity contribution in [3.05, 3.63) is 35.4 Å². The quantitative estimate of drug-likeness (QED) is 0.787. The standard InChI is InChI=1S/C12H14N4/c1-8-14-9(2)16(15-8)11-4-3-10-5-6-13-12(10)7-11/h3-4,7,13H,5-6H2,1-2H3. The van der Waals surface area contributed by atoms with E-state index < -0.39 is 0 Å². The van der Waals surface area contributed by atoms with Crippen LogP contribution in [0.1, 0.15) is 17.2 Å². The van der Waals surface area contributed by atoms with Crippen molar-refractivity contribution in [2.75, 3.05) is 11.9 Å². The zero-order chi connectivity index (χ0) is 11.1. The Morgan fingerprint density at radius 2 is 2.19 bits per heavy atom. The zero-order valence-corrected chi connectivity index (χ0v) is 9.49. The molecule has 0 radical (unpaired) electrons. The first-order chi connectivity index (χ1) is 7.74. The van der Waals surface area contributed by atoms with Gasteiger partial charge in [-0.2, -0.15) is 5.10 Å². The summed E-state index contributed by atoms with van der Waals surface area (Å²) in [5.74, 6) is 1.74. The van der Waals surface area contributed by atoms with Crippen LogP contribution in [0.15, 0.2) is 18.2 Å². The van der Waals surface area contributed by atoms with Crippen LogP contribution in [0, 0.1) is 13.8 Å². The number of benzene rings is 1. The highest BCUT2D eigenvalue weighted by Crippen LogP contribution is 2.25. The summed E-state index contributed by atoms with van der Waals surface area (Å²) in [6.45, 7) is 4.92. The molecule has 0 amide bonds. The van der Waals surface area contributed by atoms with E-state index in [0.29, 0.717) is 0 Å². The fraction of sp³-hybridized carbons (Fsp3) is 0.333. The van der Waals surface area contributed by atoms with Crippen LogP contribution in [0.5, 0.6) is 0 Å². The molecule has 0 aliphatic carbocycles. The minimum Gasteiger partial charge on any atom is -0.384 e. The van der Waals surface area contributed by atoms with Gasteiger partial charge in [0.05, 0.1) is 5.69 Å². The Kier molecular flexibility index (Phi) is 1.96. The molecule has 0 spiro atoms. The van der Waals surface area contributed by atoms with Gasteiger partial charge in [-0.05, 0) is 38.0 Å². The van der Waals surface area contributed by atoms with Crippen LogP contribution in [0.2, 0.25) is 0 Å². The highest BCUT2D eigenvalue weighted by atomic mass is 15.3. The van der Waals surface area contributed by atoms with E-state index in [1.807, 2.05) is 18.5 Å². The maximum absolute atomic E-state index is 4.38. The Hall–Kier alpha value is -1.84. The smallest absolute Gasteiger partial charge is 0.148 e. The van der Waals surface area contributed by atoms with Crippen LogP contribution < -0.4 is 5.32 Å². The van der Waals surface area contributed by atoms with Gasteiger partial charge in [0, 0.05) is 12.2 Å². The molecule has 0 fully saturated rings. The third kappa shape index (κ3) is 1.38. The molecule has 0 unspecified atom stereocenters. The maximum atomic E-state index is 4.38. The molecule has 82 valence electrons. The molecular formula is C12H14N4. The summed E-state index contributed by atoms with van der Waals surface area (Å²) >= 11 is 0. The van der Waals surface area contributed by atoms with Crippen LogP contribution in [0.4, 0.5) is 5.69 Å². The SMILES string of the molecule is Cc1nc(C)n(-c2ccc3c(c2)NCC3)n1. The number of aryl methyl sites for hydroxylation is 2. The van der Waals surface area contributed by atoms with Crippen LogP contribution in [-0.2, 0) is 6.42 Å². The van der Waals surface area contributed by atoms with E-state index in [2.05, 4.69) is 33.6 Å².